The lowest BCUT2D eigenvalue weighted by Gasteiger charge is -2.20. The zero-order valence-electron chi connectivity index (χ0n) is 14.5. The summed E-state index contributed by atoms with van der Waals surface area (Å²) in [5.41, 5.74) is 2.15. The van der Waals surface area contributed by atoms with E-state index in [0.29, 0.717) is 27.9 Å². The number of carbonyl (C=O) groups excluding carboxylic acids is 3. The quantitative estimate of drug-likeness (QED) is 0.540. The minimum absolute atomic E-state index is 0.208. The standard InChI is InChI=1S/C22H15NO3S/c1-27-14-11-9-13(10-12-14)22(26)23-18-8-4-7-17-19(18)21(25)16-6-3-2-5-15(16)20(17)24/h2-12H,1H3,(H,23,26). The van der Waals surface area contributed by atoms with Crippen LogP contribution in [0.4, 0.5) is 5.69 Å². The van der Waals surface area contributed by atoms with Gasteiger partial charge in [-0.05, 0) is 36.6 Å². The highest BCUT2D eigenvalue weighted by Gasteiger charge is 2.31. The number of rotatable bonds is 3. The second-order valence-electron chi connectivity index (χ2n) is 6.11. The summed E-state index contributed by atoms with van der Waals surface area (Å²) in [5.74, 6) is -0.787. The number of hydrogen-bond acceptors (Lipinski definition) is 4. The third-order valence-electron chi connectivity index (χ3n) is 4.55. The van der Waals surface area contributed by atoms with Gasteiger partial charge in [-0.15, -0.1) is 11.8 Å². The molecule has 0 aromatic heterocycles. The van der Waals surface area contributed by atoms with Crippen LogP contribution in [0.15, 0.2) is 71.6 Å². The summed E-state index contributed by atoms with van der Waals surface area (Å²) in [6.45, 7) is 0. The first-order valence-electron chi connectivity index (χ1n) is 8.37. The maximum atomic E-state index is 13.0. The molecule has 1 aliphatic rings. The van der Waals surface area contributed by atoms with Gasteiger partial charge in [0.2, 0.25) is 0 Å². The van der Waals surface area contributed by atoms with Crippen molar-refractivity contribution in [1.29, 1.82) is 0 Å². The molecule has 0 heterocycles. The molecule has 4 nitrogen and oxygen atoms in total. The predicted molar refractivity (Wildman–Crippen MR) is 106 cm³/mol. The molecular weight excluding hydrogens is 358 g/mol. The zero-order chi connectivity index (χ0) is 19.0. The van der Waals surface area contributed by atoms with Crippen LogP contribution >= 0.6 is 11.8 Å². The molecule has 0 bridgehead atoms. The second-order valence-corrected chi connectivity index (χ2v) is 6.99. The highest BCUT2D eigenvalue weighted by atomic mass is 32.2. The summed E-state index contributed by atoms with van der Waals surface area (Å²) in [5, 5.41) is 2.79. The molecule has 5 heteroatoms. The van der Waals surface area contributed by atoms with E-state index in [9.17, 15) is 14.4 Å². The number of anilines is 1. The Morgan fingerprint density at radius 3 is 2.07 bits per heavy atom. The lowest BCUT2D eigenvalue weighted by molar-refractivity contribution is 0.0978. The van der Waals surface area contributed by atoms with Crippen LogP contribution in [0.1, 0.15) is 42.2 Å². The number of amides is 1. The van der Waals surface area contributed by atoms with Crippen molar-refractivity contribution in [2.45, 2.75) is 4.90 Å². The van der Waals surface area contributed by atoms with Gasteiger partial charge in [0, 0.05) is 27.1 Å². The maximum Gasteiger partial charge on any atom is 0.255 e. The summed E-state index contributed by atoms with van der Waals surface area (Å²) >= 11 is 1.59. The van der Waals surface area contributed by atoms with Gasteiger partial charge in [0.15, 0.2) is 11.6 Å². The Hall–Kier alpha value is -3.18. The van der Waals surface area contributed by atoms with Crippen LogP contribution in [0.3, 0.4) is 0 Å². The molecule has 0 radical (unpaired) electrons. The lowest BCUT2D eigenvalue weighted by Crippen LogP contribution is -2.23. The first kappa shape index (κ1) is 17.2. The Kier molecular flexibility index (Phi) is 4.38. The van der Waals surface area contributed by atoms with Crippen LogP contribution in [-0.4, -0.2) is 23.7 Å². The van der Waals surface area contributed by atoms with E-state index in [1.54, 1.807) is 66.4 Å². The number of carbonyl (C=O) groups is 3. The number of ketones is 2. The smallest absolute Gasteiger partial charge is 0.255 e. The van der Waals surface area contributed by atoms with E-state index >= 15 is 0 Å². The van der Waals surface area contributed by atoms with E-state index < -0.39 is 0 Å². The number of nitrogens with one attached hydrogen (secondary N) is 1. The second kappa shape index (κ2) is 6.85. The summed E-state index contributed by atoms with van der Waals surface area (Å²) in [4.78, 5) is 39.4. The van der Waals surface area contributed by atoms with Crippen LogP contribution in [0.25, 0.3) is 0 Å². The molecule has 0 atom stereocenters. The molecule has 3 aromatic carbocycles. The van der Waals surface area contributed by atoms with E-state index in [-0.39, 0.29) is 23.0 Å². The van der Waals surface area contributed by atoms with Crippen LogP contribution in [0, 0.1) is 0 Å². The summed E-state index contributed by atoms with van der Waals surface area (Å²) in [6.07, 6.45) is 1.96. The van der Waals surface area contributed by atoms with Crippen molar-refractivity contribution in [1.82, 2.24) is 0 Å². The van der Waals surface area contributed by atoms with Gasteiger partial charge >= 0.3 is 0 Å². The predicted octanol–water partition coefficient (Wildman–Crippen LogP) is 4.44. The molecule has 0 saturated heterocycles. The molecule has 0 saturated carbocycles. The largest absolute Gasteiger partial charge is 0.321 e. The lowest BCUT2D eigenvalue weighted by atomic mass is 9.83. The minimum atomic E-state index is -0.324. The van der Waals surface area contributed by atoms with Gasteiger partial charge in [0.25, 0.3) is 5.91 Å². The SMILES string of the molecule is CSc1ccc(C(=O)Nc2cccc3c2C(=O)c2ccccc2C3=O)cc1. The van der Waals surface area contributed by atoms with Gasteiger partial charge in [-0.2, -0.15) is 0 Å². The topological polar surface area (TPSA) is 63.2 Å². The van der Waals surface area contributed by atoms with Gasteiger partial charge in [-0.1, -0.05) is 36.4 Å². The highest BCUT2D eigenvalue weighted by Crippen LogP contribution is 2.32. The van der Waals surface area contributed by atoms with Crippen LogP contribution in [0.5, 0.6) is 0 Å². The molecule has 0 fully saturated rings. The van der Waals surface area contributed by atoms with Gasteiger partial charge in [-0.3, -0.25) is 14.4 Å². The van der Waals surface area contributed by atoms with E-state index in [4.69, 9.17) is 0 Å². The molecule has 27 heavy (non-hydrogen) atoms. The fraction of sp³-hybridized carbons (Fsp3) is 0.0455. The molecule has 1 aliphatic carbocycles. The first-order chi connectivity index (χ1) is 13.1. The van der Waals surface area contributed by atoms with E-state index in [1.807, 2.05) is 18.4 Å². The Bertz CT molecular complexity index is 1090. The molecular formula is C22H15NO3S. The summed E-state index contributed by atoms with van der Waals surface area (Å²) in [6, 6.07) is 18.9. The van der Waals surface area contributed by atoms with Gasteiger partial charge in [0.05, 0.1) is 11.3 Å². The zero-order valence-corrected chi connectivity index (χ0v) is 15.3. The highest BCUT2D eigenvalue weighted by molar-refractivity contribution is 7.98. The Balaban J connectivity index is 1.72. The van der Waals surface area contributed by atoms with Crippen molar-refractivity contribution in [3.63, 3.8) is 0 Å². The Morgan fingerprint density at radius 1 is 0.778 bits per heavy atom. The fourth-order valence-corrected chi connectivity index (χ4v) is 3.59. The molecule has 0 spiro atoms. The minimum Gasteiger partial charge on any atom is -0.321 e. The van der Waals surface area contributed by atoms with Gasteiger partial charge < -0.3 is 5.32 Å². The van der Waals surface area contributed by atoms with Gasteiger partial charge in [0.1, 0.15) is 0 Å². The molecule has 0 unspecified atom stereocenters. The number of hydrogen-bond donors (Lipinski definition) is 1. The third-order valence-corrected chi connectivity index (χ3v) is 5.30. The average Bonchev–Trinajstić information content (AvgIpc) is 2.72. The fourth-order valence-electron chi connectivity index (χ4n) is 3.19. The molecule has 4 rings (SSSR count). The van der Waals surface area contributed by atoms with E-state index in [1.165, 1.54) is 0 Å². The van der Waals surface area contributed by atoms with Crippen molar-refractivity contribution < 1.29 is 14.4 Å². The van der Waals surface area contributed by atoms with Crippen molar-refractivity contribution in [3.8, 4) is 0 Å². The summed E-state index contributed by atoms with van der Waals surface area (Å²) in [7, 11) is 0. The van der Waals surface area contributed by atoms with Crippen molar-refractivity contribution >= 4 is 34.9 Å². The van der Waals surface area contributed by atoms with Crippen LogP contribution in [0.2, 0.25) is 0 Å². The van der Waals surface area contributed by atoms with Crippen LogP contribution in [-0.2, 0) is 0 Å². The molecule has 3 aromatic rings. The monoisotopic (exact) mass is 373 g/mol. The number of fused-ring (bicyclic) bond motifs is 2. The van der Waals surface area contributed by atoms with Crippen molar-refractivity contribution in [3.05, 3.63) is 94.5 Å². The average molecular weight is 373 g/mol. The maximum absolute atomic E-state index is 13.0. The van der Waals surface area contributed by atoms with Crippen molar-refractivity contribution in [2.24, 2.45) is 0 Å². The Morgan fingerprint density at radius 2 is 1.41 bits per heavy atom. The number of benzene rings is 3. The normalized spacial score (nSPS) is 12.3. The Labute approximate surface area is 160 Å². The molecule has 132 valence electrons. The third kappa shape index (κ3) is 2.96. The van der Waals surface area contributed by atoms with E-state index in [2.05, 4.69) is 5.32 Å². The van der Waals surface area contributed by atoms with Crippen LogP contribution < -0.4 is 5.32 Å². The number of thioether (sulfide) groups is 1. The first-order valence-corrected chi connectivity index (χ1v) is 9.59. The van der Waals surface area contributed by atoms with E-state index in [0.717, 1.165) is 4.90 Å². The van der Waals surface area contributed by atoms with Crippen molar-refractivity contribution in [2.75, 3.05) is 11.6 Å². The molecule has 1 N–H and O–H groups in total. The molecule has 0 aliphatic heterocycles. The summed E-state index contributed by atoms with van der Waals surface area (Å²) < 4.78 is 0. The molecule has 1 amide bonds. The van der Waals surface area contributed by atoms with Gasteiger partial charge in [-0.25, -0.2) is 0 Å².